The minimum absolute atomic E-state index is 0.136. The van der Waals surface area contributed by atoms with Gasteiger partial charge in [-0.25, -0.2) is 0 Å². The second-order valence-electron chi connectivity index (χ2n) is 5.76. The third-order valence-corrected chi connectivity index (χ3v) is 22.2. The summed E-state index contributed by atoms with van der Waals surface area (Å²) in [7, 11) is 0. The van der Waals surface area contributed by atoms with Crippen molar-refractivity contribution in [2.75, 3.05) is 0 Å². The zero-order valence-electron chi connectivity index (χ0n) is 12.6. The van der Waals surface area contributed by atoms with Gasteiger partial charge in [-0.3, -0.25) is 0 Å². The van der Waals surface area contributed by atoms with Crippen molar-refractivity contribution in [3.8, 4) is 0 Å². The molecule has 0 aromatic heterocycles. The quantitative estimate of drug-likeness (QED) is 0.616. The summed E-state index contributed by atoms with van der Waals surface area (Å²) in [6.07, 6.45) is 7.47. The van der Waals surface area contributed by atoms with Crippen LogP contribution in [0.15, 0.2) is 41.0 Å². The van der Waals surface area contributed by atoms with E-state index >= 15 is 0 Å². The van der Waals surface area contributed by atoms with Crippen molar-refractivity contribution >= 4 is 5.43 Å². The first-order valence-electron chi connectivity index (χ1n) is 6.85. The van der Waals surface area contributed by atoms with Gasteiger partial charge < -0.3 is 0 Å². The molecule has 0 saturated carbocycles. The molecule has 2 heteroatoms. The zero-order valence-corrected chi connectivity index (χ0v) is 16.0. The van der Waals surface area contributed by atoms with E-state index in [0.29, 0.717) is 0 Å². The third kappa shape index (κ3) is 2.51. The van der Waals surface area contributed by atoms with E-state index in [1.54, 1.807) is 22.3 Å². The van der Waals surface area contributed by atoms with Gasteiger partial charge in [-0.2, -0.15) is 0 Å². The van der Waals surface area contributed by atoms with Gasteiger partial charge in [0.2, 0.25) is 0 Å². The van der Waals surface area contributed by atoms with Gasteiger partial charge in [-0.05, 0) is 0 Å². The molecule has 0 radical (unpaired) electrons. The molecule has 0 fully saturated rings. The Balaban J connectivity index is 2.51. The Bertz CT molecular complexity index is 506. The Morgan fingerprint density at radius 3 is 1.44 bits per heavy atom. The molecule has 0 unspecified atom stereocenters. The van der Waals surface area contributed by atoms with Crippen LogP contribution in [0.4, 0.5) is 0 Å². The molecule has 2 aliphatic carbocycles. The topological polar surface area (TPSA) is 0 Å². The fourth-order valence-electron chi connectivity index (χ4n) is 2.96. The first-order valence-corrected chi connectivity index (χ1v) is 15.5. The van der Waals surface area contributed by atoms with Crippen molar-refractivity contribution in [3.05, 3.63) is 41.0 Å². The summed E-state index contributed by atoms with van der Waals surface area (Å²) in [6, 6.07) is 0. The summed E-state index contributed by atoms with van der Waals surface area (Å²) in [5, 5.41) is 0. The van der Waals surface area contributed by atoms with Crippen molar-refractivity contribution in [1.82, 2.24) is 0 Å². The molecule has 0 nitrogen and oxygen atoms in total. The van der Waals surface area contributed by atoms with E-state index in [1.165, 1.54) is 12.8 Å². The van der Waals surface area contributed by atoms with Crippen LogP contribution in [0, 0.1) is 0 Å². The Labute approximate surface area is 120 Å². The van der Waals surface area contributed by atoms with Gasteiger partial charge >= 0.3 is 120 Å². The zero-order chi connectivity index (χ0) is 13.4. The molecule has 0 aromatic rings. The van der Waals surface area contributed by atoms with Gasteiger partial charge in [0.15, 0.2) is 0 Å². The molecule has 2 aliphatic rings. The molecule has 0 heterocycles. The fraction of sp³-hybridized carbons (Fsp3) is 0.500. The van der Waals surface area contributed by atoms with E-state index in [1.807, 2.05) is 6.56 Å². The third-order valence-electron chi connectivity index (χ3n) is 4.42. The monoisotopic (exact) mass is 334 g/mol. The van der Waals surface area contributed by atoms with Gasteiger partial charge in [0, 0.05) is 0 Å². The number of hydrogen-bond acceptors (Lipinski definition) is 0. The van der Waals surface area contributed by atoms with Crippen LogP contribution in [0.3, 0.4) is 0 Å². The second-order valence-corrected chi connectivity index (χ2v) is 22.9. The van der Waals surface area contributed by atoms with Crippen LogP contribution >= 0.6 is 0 Å². The summed E-state index contributed by atoms with van der Waals surface area (Å²) in [6.45, 7) is 14.4. The number of rotatable bonds is 2. The predicted octanol–water partition coefficient (Wildman–Crippen LogP) is 5.10. The molecule has 0 amide bonds. The van der Waals surface area contributed by atoms with Crippen LogP contribution in [0.1, 0.15) is 40.5 Å². The molecule has 0 spiro atoms. The van der Waals surface area contributed by atoms with Crippen molar-refractivity contribution in [1.29, 1.82) is 0 Å². The van der Waals surface area contributed by atoms with Gasteiger partial charge in [0.1, 0.15) is 0 Å². The molecule has 0 N–H and O–H groups in total. The number of hydrogen-bond donors (Lipinski definition) is 0. The molecule has 0 saturated heterocycles. The average molecular weight is 336 g/mol. The molecular formula is C16H24SiZr. The summed E-state index contributed by atoms with van der Waals surface area (Å²) < 4.78 is 3.82. The Morgan fingerprint density at radius 1 is 0.833 bits per heavy atom. The summed E-state index contributed by atoms with van der Waals surface area (Å²) >= 11 is -1.51. The Kier molecular flexibility index (Phi) is 4.49. The molecule has 0 aliphatic heterocycles. The van der Waals surface area contributed by atoms with Crippen LogP contribution < -0.4 is 0 Å². The predicted molar refractivity (Wildman–Crippen MR) is 79.6 cm³/mol. The van der Waals surface area contributed by atoms with Gasteiger partial charge in [-0.15, -0.1) is 0 Å². The molecule has 18 heavy (non-hydrogen) atoms. The molecule has 2 rings (SSSR count). The normalized spacial score (nSPS) is 19.4. The summed E-state index contributed by atoms with van der Waals surface area (Å²) in [5.74, 6) is 0. The van der Waals surface area contributed by atoms with E-state index in [9.17, 15) is 0 Å². The van der Waals surface area contributed by atoms with E-state index in [4.69, 9.17) is 0 Å². The second kappa shape index (κ2) is 5.59. The van der Waals surface area contributed by atoms with Gasteiger partial charge in [0.05, 0.1) is 0 Å². The van der Waals surface area contributed by atoms with Crippen LogP contribution in [0.25, 0.3) is 0 Å². The molecular weight excluding hydrogens is 311 g/mol. The van der Waals surface area contributed by atoms with Crippen molar-refractivity contribution in [3.63, 3.8) is 0 Å². The van der Waals surface area contributed by atoms with Crippen molar-refractivity contribution in [2.24, 2.45) is 0 Å². The van der Waals surface area contributed by atoms with Crippen LogP contribution in [-0.2, 0) is 20.4 Å². The van der Waals surface area contributed by atoms with E-state index in [2.05, 4.69) is 52.9 Å². The van der Waals surface area contributed by atoms with Crippen LogP contribution in [0.5, 0.6) is 0 Å². The summed E-state index contributed by atoms with van der Waals surface area (Å²) in [4.78, 5) is 0. The van der Waals surface area contributed by atoms with Crippen molar-refractivity contribution in [2.45, 2.75) is 53.6 Å². The number of allylic oxidation sites excluding steroid dienone is 8. The summed E-state index contributed by atoms with van der Waals surface area (Å²) in [5.41, 5.74) is 6.27. The Morgan fingerprint density at radius 2 is 1.22 bits per heavy atom. The SMILES string of the molecule is CC1=CC[C]([Zr]([C]2=C(C)C(C)=CC2)=[Si](C)C)=C1C. The van der Waals surface area contributed by atoms with Gasteiger partial charge in [0.25, 0.3) is 0 Å². The first-order chi connectivity index (χ1) is 8.43. The molecule has 0 aromatic carbocycles. The van der Waals surface area contributed by atoms with E-state index in [-0.39, 0.29) is 5.43 Å². The van der Waals surface area contributed by atoms with Crippen LogP contribution in [-0.4, -0.2) is 5.43 Å². The van der Waals surface area contributed by atoms with Crippen molar-refractivity contribution < 1.29 is 20.4 Å². The molecule has 96 valence electrons. The minimum atomic E-state index is -1.51. The van der Waals surface area contributed by atoms with E-state index in [0.717, 1.165) is 0 Å². The fourth-order valence-corrected chi connectivity index (χ4v) is 21.7. The maximum absolute atomic E-state index is 2.56. The van der Waals surface area contributed by atoms with Gasteiger partial charge in [-0.1, -0.05) is 0 Å². The molecule has 0 atom stereocenters. The Hall–Kier alpha value is 0.0600. The average Bonchev–Trinajstić information content (AvgIpc) is 2.79. The van der Waals surface area contributed by atoms with E-state index < -0.39 is 20.4 Å². The maximum atomic E-state index is 2.56. The standard InChI is InChI=1S/2C7H9.C2H6Si.Zr/c2*1-6-4-3-5-7(6)2;1-3-2;/h2*4H,3H2,1-2H3;1-2H3;. The van der Waals surface area contributed by atoms with Crippen LogP contribution in [0.2, 0.25) is 13.1 Å². The first kappa shape index (κ1) is 14.5. The molecule has 0 bridgehead atoms.